The first kappa shape index (κ1) is 32.5. The Labute approximate surface area is 267 Å². The second-order valence-electron chi connectivity index (χ2n) is 13.0. The zero-order valence-electron chi connectivity index (χ0n) is 27.0. The number of ether oxygens (including phenoxy) is 1. The number of morpholine rings is 1. The molecule has 0 saturated carbocycles. The molecule has 10 nitrogen and oxygen atoms in total. The zero-order chi connectivity index (χ0) is 31.6. The van der Waals surface area contributed by atoms with Crippen LogP contribution in [-0.4, -0.2) is 93.3 Å². The number of carbonyl (C=O) groups excluding carboxylic acids is 2. The first-order valence-electron chi connectivity index (χ1n) is 16.3. The van der Waals surface area contributed by atoms with Crippen LogP contribution in [0.1, 0.15) is 59.9 Å². The topological polar surface area (TPSA) is 114 Å². The summed E-state index contributed by atoms with van der Waals surface area (Å²) < 4.78 is 5.34. The molecule has 0 unspecified atom stereocenters. The van der Waals surface area contributed by atoms with Gasteiger partial charge < -0.3 is 40.8 Å². The molecule has 10 heteroatoms. The van der Waals surface area contributed by atoms with Crippen molar-refractivity contribution in [1.82, 2.24) is 25.8 Å². The minimum Gasteiger partial charge on any atom is -0.378 e. The van der Waals surface area contributed by atoms with Crippen molar-refractivity contribution >= 4 is 29.0 Å². The molecule has 5 N–H and O–H groups in total. The van der Waals surface area contributed by atoms with Crippen molar-refractivity contribution in [2.24, 2.45) is 0 Å². The molecule has 2 amide bonds. The van der Waals surface area contributed by atoms with Crippen LogP contribution in [0.5, 0.6) is 0 Å². The Kier molecular flexibility index (Phi) is 11.2. The van der Waals surface area contributed by atoms with E-state index in [9.17, 15) is 9.59 Å². The summed E-state index contributed by atoms with van der Waals surface area (Å²) >= 11 is 0. The SMILES string of the molecule is C1CNCCN1.CC(C)(C)c1ccc(C(=O)N[C@@H]2CCCN(c3cc(Nc4ccc(C(=O)N5CCOCC5)cc4)c[nH]3)C2)cc1. The van der Waals surface area contributed by atoms with E-state index in [0.29, 0.717) is 37.4 Å². The number of aromatic nitrogens is 1. The Morgan fingerprint density at radius 1 is 0.844 bits per heavy atom. The van der Waals surface area contributed by atoms with Crippen LogP contribution in [0, 0.1) is 0 Å². The number of piperazine rings is 1. The van der Waals surface area contributed by atoms with Gasteiger partial charge >= 0.3 is 0 Å². The molecular formula is C35H49N7O3. The smallest absolute Gasteiger partial charge is 0.254 e. The molecule has 2 aromatic carbocycles. The molecule has 45 heavy (non-hydrogen) atoms. The van der Waals surface area contributed by atoms with Crippen molar-refractivity contribution in [3.63, 3.8) is 0 Å². The lowest BCUT2D eigenvalue weighted by molar-refractivity contribution is 0.0303. The second kappa shape index (κ2) is 15.4. The Hall–Kier alpha value is -3.86. The fraction of sp³-hybridized carbons (Fsp3) is 0.486. The maximum absolute atomic E-state index is 12.9. The summed E-state index contributed by atoms with van der Waals surface area (Å²) in [5.74, 6) is 1.04. The van der Waals surface area contributed by atoms with Crippen LogP contribution >= 0.6 is 0 Å². The van der Waals surface area contributed by atoms with Crippen molar-refractivity contribution in [3.8, 4) is 0 Å². The predicted molar refractivity (Wildman–Crippen MR) is 181 cm³/mol. The van der Waals surface area contributed by atoms with E-state index in [1.54, 1.807) is 0 Å². The van der Waals surface area contributed by atoms with Gasteiger partial charge in [0.25, 0.3) is 11.8 Å². The second-order valence-corrected chi connectivity index (χ2v) is 13.0. The largest absolute Gasteiger partial charge is 0.378 e. The van der Waals surface area contributed by atoms with Gasteiger partial charge in [-0.05, 0) is 60.2 Å². The maximum Gasteiger partial charge on any atom is 0.254 e. The van der Waals surface area contributed by atoms with Crippen molar-refractivity contribution < 1.29 is 14.3 Å². The molecule has 1 atom stereocenters. The quantitative estimate of drug-likeness (QED) is 0.284. The van der Waals surface area contributed by atoms with Gasteiger partial charge in [0.1, 0.15) is 5.82 Å². The monoisotopic (exact) mass is 615 g/mol. The lowest BCUT2D eigenvalue weighted by Gasteiger charge is -2.33. The summed E-state index contributed by atoms with van der Waals surface area (Å²) in [5, 5.41) is 13.1. The van der Waals surface area contributed by atoms with Gasteiger partial charge in [-0.15, -0.1) is 0 Å². The van der Waals surface area contributed by atoms with Gasteiger partial charge in [0.15, 0.2) is 0 Å². The number of H-pyrrole nitrogens is 1. The highest BCUT2D eigenvalue weighted by atomic mass is 16.5. The summed E-state index contributed by atoms with van der Waals surface area (Å²) in [5.41, 5.74) is 4.53. The average molecular weight is 616 g/mol. The molecule has 4 heterocycles. The number of hydrogen-bond acceptors (Lipinski definition) is 7. The van der Waals surface area contributed by atoms with E-state index in [2.05, 4.69) is 58.0 Å². The minimum atomic E-state index is -0.0216. The third-order valence-electron chi connectivity index (χ3n) is 8.45. The summed E-state index contributed by atoms with van der Waals surface area (Å²) in [6, 6.07) is 17.7. The molecule has 3 aromatic rings. The van der Waals surface area contributed by atoms with Crippen LogP contribution in [0.3, 0.4) is 0 Å². The number of carbonyl (C=O) groups is 2. The third kappa shape index (κ3) is 9.32. The van der Waals surface area contributed by atoms with Gasteiger partial charge in [-0.1, -0.05) is 32.9 Å². The highest BCUT2D eigenvalue weighted by Gasteiger charge is 2.24. The van der Waals surface area contributed by atoms with Crippen LogP contribution in [0.25, 0.3) is 0 Å². The Bertz CT molecular complexity index is 1360. The molecule has 6 rings (SSSR count). The number of hydrogen-bond donors (Lipinski definition) is 5. The number of anilines is 3. The van der Waals surface area contributed by atoms with Gasteiger partial charge in [0.05, 0.1) is 18.9 Å². The van der Waals surface area contributed by atoms with Crippen molar-refractivity contribution in [3.05, 3.63) is 77.5 Å². The molecule has 0 bridgehead atoms. The number of nitrogens with one attached hydrogen (secondary N) is 5. The summed E-state index contributed by atoms with van der Waals surface area (Å²) in [6.45, 7) is 15.2. The fourth-order valence-electron chi connectivity index (χ4n) is 5.76. The molecule has 3 saturated heterocycles. The summed E-state index contributed by atoms with van der Waals surface area (Å²) in [4.78, 5) is 33.1. The number of amides is 2. The molecule has 0 aliphatic carbocycles. The van der Waals surface area contributed by atoms with Gasteiger partial charge in [-0.3, -0.25) is 9.59 Å². The van der Waals surface area contributed by atoms with E-state index < -0.39 is 0 Å². The molecule has 0 spiro atoms. The zero-order valence-corrected chi connectivity index (χ0v) is 27.0. The van der Waals surface area contributed by atoms with Gasteiger partial charge in [0.2, 0.25) is 0 Å². The number of rotatable bonds is 6. The van der Waals surface area contributed by atoms with E-state index in [1.807, 2.05) is 59.6 Å². The number of piperidine rings is 1. The Balaban J connectivity index is 0.000000598. The molecular weight excluding hydrogens is 566 g/mol. The molecule has 0 radical (unpaired) electrons. The highest BCUT2D eigenvalue weighted by molar-refractivity contribution is 5.95. The number of benzene rings is 2. The Morgan fingerprint density at radius 3 is 2.11 bits per heavy atom. The normalized spacial score (nSPS) is 18.9. The van der Waals surface area contributed by atoms with E-state index in [4.69, 9.17) is 4.74 Å². The van der Waals surface area contributed by atoms with E-state index in [1.165, 1.54) is 5.56 Å². The highest BCUT2D eigenvalue weighted by Crippen LogP contribution is 2.26. The van der Waals surface area contributed by atoms with Gasteiger partial charge in [0, 0.05) is 87.5 Å². The number of nitrogens with zero attached hydrogens (tertiary/aromatic N) is 2. The lowest BCUT2D eigenvalue weighted by atomic mass is 9.86. The molecule has 3 aliphatic rings. The van der Waals surface area contributed by atoms with Gasteiger partial charge in [-0.25, -0.2) is 0 Å². The van der Waals surface area contributed by atoms with Crippen LogP contribution in [0.2, 0.25) is 0 Å². The van der Waals surface area contributed by atoms with E-state index >= 15 is 0 Å². The van der Waals surface area contributed by atoms with E-state index in [0.717, 1.165) is 69.3 Å². The number of aromatic amines is 1. The summed E-state index contributed by atoms with van der Waals surface area (Å²) in [7, 11) is 0. The maximum atomic E-state index is 12.9. The molecule has 242 valence electrons. The van der Waals surface area contributed by atoms with Crippen LogP contribution < -0.4 is 26.2 Å². The molecule has 3 aliphatic heterocycles. The predicted octanol–water partition coefficient (Wildman–Crippen LogP) is 4.11. The van der Waals surface area contributed by atoms with Crippen molar-refractivity contribution in [2.75, 3.05) is 75.8 Å². The Morgan fingerprint density at radius 2 is 1.49 bits per heavy atom. The standard InChI is InChI=1S/C31H39N5O3.C4H10N2/c1-31(2,3)24-10-6-22(7-11-24)29(37)34-26-5-4-14-36(21-26)28-19-27(20-32-28)33-25-12-8-23(9-13-25)30(38)35-15-17-39-18-16-35;1-2-6-4-3-5-1/h6-13,19-20,26,32-33H,4-5,14-18,21H2,1-3H3,(H,34,37);5-6H,1-4H2/t26-;/m1./s1. The van der Waals surface area contributed by atoms with Gasteiger partial charge in [-0.2, -0.15) is 0 Å². The summed E-state index contributed by atoms with van der Waals surface area (Å²) in [6.07, 6.45) is 3.92. The van der Waals surface area contributed by atoms with Crippen molar-refractivity contribution in [2.45, 2.75) is 45.1 Å². The minimum absolute atomic E-state index is 0.0216. The van der Waals surface area contributed by atoms with E-state index in [-0.39, 0.29) is 23.3 Å². The lowest BCUT2D eigenvalue weighted by Crippen LogP contribution is -2.48. The van der Waals surface area contributed by atoms with Crippen molar-refractivity contribution in [1.29, 1.82) is 0 Å². The first-order valence-corrected chi connectivity index (χ1v) is 16.3. The average Bonchev–Trinajstić information content (AvgIpc) is 3.54. The first-order chi connectivity index (χ1) is 21.8. The van der Waals surface area contributed by atoms with Crippen LogP contribution in [0.4, 0.5) is 17.2 Å². The third-order valence-corrected chi connectivity index (χ3v) is 8.45. The fourth-order valence-corrected chi connectivity index (χ4v) is 5.76. The molecule has 1 aromatic heterocycles. The molecule has 3 fully saturated rings. The van der Waals surface area contributed by atoms with Crippen LogP contribution in [-0.2, 0) is 10.2 Å². The van der Waals surface area contributed by atoms with Crippen LogP contribution in [0.15, 0.2) is 60.8 Å².